The molecule has 0 radical (unpaired) electrons. The highest BCUT2D eigenvalue weighted by Crippen LogP contribution is 2.22. The van der Waals surface area contributed by atoms with Gasteiger partial charge in [0, 0.05) is 30.2 Å². The first-order valence-corrected chi connectivity index (χ1v) is 10.3. The van der Waals surface area contributed by atoms with Gasteiger partial charge in [0.05, 0.1) is 18.1 Å². The van der Waals surface area contributed by atoms with Crippen LogP contribution in [0.25, 0.3) is 11.0 Å². The van der Waals surface area contributed by atoms with Gasteiger partial charge < -0.3 is 19.8 Å². The third kappa shape index (κ3) is 4.33. The largest absolute Gasteiger partial charge is 0.497 e. The van der Waals surface area contributed by atoms with Crippen molar-refractivity contribution in [2.45, 2.75) is 18.3 Å². The summed E-state index contributed by atoms with van der Waals surface area (Å²) in [5, 5.41) is -0.691. The summed E-state index contributed by atoms with van der Waals surface area (Å²) >= 11 is 0. The number of carbonyl (C=O) groups is 1. The van der Waals surface area contributed by atoms with Crippen molar-refractivity contribution in [3.8, 4) is 11.5 Å². The van der Waals surface area contributed by atoms with Crippen LogP contribution in [0.15, 0.2) is 42.5 Å². The number of nitrogens with zero attached hydrogens (tertiary/aromatic N) is 2. The molecule has 28 heavy (non-hydrogen) atoms. The fourth-order valence-electron chi connectivity index (χ4n) is 2.94. The molecule has 0 saturated heterocycles. The average Bonchev–Trinajstić information content (AvgIpc) is 3.00. The van der Waals surface area contributed by atoms with Gasteiger partial charge in [0.25, 0.3) is 0 Å². The first kappa shape index (κ1) is 19.9. The number of aromatic nitrogens is 2. The first-order chi connectivity index (χ1) is 13.4. The molecule has 0 unspecified atom stereocenters. The van der Waals surface area contributed by atoms with Gasteiger partial charge >= 0.3 is 0 Å². The number of aryl methyl sites for hydroxylation is 1. The van der Waals surface area contributed by atoms with E-state index in [2.05, 4.69) is 4.98 Å². The summed E-state index contributed by atoms with van der Waals surface area (Å²) in [6.07, 6.45) is 1.82. The molecule has 1 aromatic heterocycles. The average molecular weight is 401 g/mol. The van der Waals surface area contributed by atoms with Crippen LogP contribution in [-0.2, 0) is 35.7 Å². The molecule has 0 saturated carbocycles. The van der Waals surface area contributed by atoms with E-state index in [1.165, 1.54) is 6.26 Å². The van der Waals surface area contributed by atoms with E-state index in [0.717, 1.165) is 28.2 Å². The van der Waals surface area contributed by atoms with Crippen LogP contribution in [-0.4, -0.2) is 38.3 Å². The lowest BCUT2D eigenvalue weighted by Crippen LogP contribution is -2.33. The van der Waals surface area contributed by atoms with Crippen molar-refractivity contribution in [2.24, 2.45) is 12.8 Å². The number of ether oxygens (including phenoxy) is 2. The molecule has 1 amide bonds. The van der Waals surface area contributed by atoms with Gasteiger partial charge in [-0.25, -0.2) is 4.98 Å². The zero-order valence-electron chi connectivity index (χ0n) is 16.0. The lowest BCUT2D eigenvalue weighted by atomic mass is 10.1. The molecule has 2 atom stereocenters. The van der Waals surface area contributed by atoms with E-state index in [0.29, 0.717) is 18.8 Å². The first-order valence-electron chi connectivity index (χ1n) is 8.71. The summed E-state index contributed by atoms with van der Waals surface area (Å²) in [4.78, 5) is 16.0. The molecule has 0 aliphatic rings. The number of carbonyl (C=O) groups excluding carboxylic acids is 1. The topological polar surface area (TPSA) is 96.4 Å². The maximum Gasteiger partial charge on any atom is 0.233 e. The molecule has 0 spiro atoms. The number of benzene rings is 2. The van der Waals surface area contributed by atoms with Crippen molar-refractivity contribution in [1.82, 2.24) is 9.55 Å². The van der Waals surface area contributed by atoms with Crippen molar-refractivity contribution < 1.29 is 18.5 Å². The van der Waals surface area contributed by atoms with Gasteiger partial charge in [-0.05, 0) is 36.2 Å². The second-order valence-corrected chi connectivity index (χ2v) is 8.03. The lowest BCUT2D eigenvalue weighted by Gasteiger charge is -2.11. The van der Waals surface area contributed by atoms with E-state index >= 15 is 0 Å². The van der Waals surface area contributed by atoms with E-state index in [9.17, 15) is 9.00 Å². The molecule has 8 heteroatoms. The predicted octanol–water partition coefficient (Wildman–Crippen LogP) is 1.94. The van der Waals surface area contributed by atoms with Crippen LogP contribution in [0.4, 0.5) is 0 Å². The SMILES string of the molecule is COc1ccc2nc(COc3ccc(C[C@H](C(N)=O)[S@@](C)=O)cc3)n(C)c2c1. The summed E-state index contributed by atoms with van der Waals surface area (Å²) in [6, 6.07) is 13.1. The number of nitrogens with two attached hydrogens (primary N) is 1. The number of methoxy groups -OCH3 is 1. The Morgan fingerprint density at radius 3 is 2.50 bits per heavy atom. The van der Waals surface area contributed by atoms with Crippen LogP contribution in [0, 0.1) is 0 Å². The second kappa shape index (κ2) is 8.43. The number of primary amides is 1. The van der Waals surface area contributed by atoms with Gasteiger partial charge in [0.2, 0.25) is 5.91 Å². The summed E-state index contributed by atoms with van der Waals surface area (Å²) in [5.74, 6) is 1.70. The molecule has 0 bridgehead atoms. The van der Waals surface area contributed by atoms with Gasteiger partial charge in [0.15, 0.2) is 0 Å². The van der Waals surface area contributed by atoms with E-state index in [4.69, 9.17) is 15.2 Å². The van der Waals surface area contributed by atoms with Crippen LogP contribution in [0.3, 0.4) is 0 Å². The zero-order chi connectivity index (χ0) is 20.3. The Morgan fingerprint density at radius 2 is 1.89 bits per heavy atom. The van der Waals surface area contributed by atoms with Crippen LogP contribution in [0.5, 0.6) is 11.5 Å². The number of imidazole rings is 1. The Hall–Kier alpha value is -2.87. The summed E-state index contributed by atoms with van der Waals surface area (Å²) in [7, 11) is 2.26. The van der Waals surface area contributed by atoms with Crippen molar-refractivity contribution >= 4 is 27.7 Å². The van der Waals surface area contributed by atoms with Gasteiger partial charge in [-0.3, -0.25) is 9.00 Å². The molecular formula is C20H23N3O4S. The highest BCUT2D eigenvalue weighted by molar-refractivity contribution is 7.85. The summed E-state index contributed by atoms with van der Waals surface area (Å²) in [6.45, 7) is 0.315. The normalized spacial score (nSPS) is 13.2. The molecule has 2 N–H and O–H groups in total. The molecule has 0 aliphatic heterocycles. The van der Waals surface area contributed by atoms with Crippen LogP contribution < -0.4 is 15.2 Å². The number of amides is 1. The Bertz CT molecular complexity index is 1000. The highest BCUT2D eigenvalue weighted by atomic mass is 32.2. The van der Waals surface area contributed by atoms with Crippen molar-refractivity contribution in [1.29, 1.82) is 0 Å². The van der Waals surface area contributed by atoms with E-state index < -0.39 is 22.0 Å². The minimum absolute atomic E-state index is 0.315. The number of hydrogen-bond donors (Lipinski definition) is 1. The lowest BCUT2D eigenvalue weighted by molar-refractivity contribution is -0.117. The van der Waals surface area contributed by atoms with Crippen LogP contribution in [0.1, 0.15) is 11.4 Å². The smallest absolute Gasteiger partial charge is 0.233 e. The molecule has 0 aliphatic carbocycles. The van der Waals surface area contributed by atoms with Crippen molar-refractivity contribution in [3.05, 3.63) is 53.9 Å². The monoisotopic (exact) mass is 401 g/mol. The Labute approximate surface area is 165 Å². The molecule has 3 aromatic rings. The Morgan fingerprint density at radius 1 is 1.21 bits per heavy atom. The molecular weight excluding hydrogens is 378 g/mol. The minimum Gasteiger partial charge on any atom is -0.497 e. The van der Waals surface area contributed by atoms with Crippen molar-refractivity contribution in [3.63, 3.8) is 0 Å². The molecule has 148 valence electrons. The number of hydrogen-bond acceptors (Lipinski definition) is 5. The highest BCUT2D eigenvalue weighted by Gasteiger charge is 2.20. The standard InChI is InChI=1S/C20H23N3O4S/c1-23-17-11-15(26-2)8-9-16(17)22-19(23)12-27-14-6-4-13(5-7-14)10-18(20(21)24)28(3)25/h4-9,11,18H,10,12H2,1-3H3,(H2,21,24)/t18-,28-/m1/s1. The fourth-order valence-corrected chi connectivity index (χ4v) is 3.70. The fraction of sp³-hybridized carbons (Fsp3) is 0.300. The Balaban J connectivity index is 1.68. The number of rotatable bonds is 8. The molecule has 3 rings (SSSR count). The summed E-state index contributed by atoms with van der Waals surface area (Å²) < 4.78 is 24.7. The third-order valence-corrected chi connectivity index (χ3v) is 5.81. The van der Waals surface area contributed by atoms with Gasteiger partial charge in [-0.15, -0.1) is 0 Å². The maximum absolute atomic E-state index is 11.6. The van der Waals surface area contributed by atoms with Gasteiger partial charge in [-0.1, -0.05) is 12.1 Å². The molecule has 2 aromatic carbocycles. The van der Waals surface area contributed by atoms with Crippen LogP contribution in [0.2, 0.25) is 0 Å². The van der Waals surface area contributed by atoms with Gasteiger partial charge in [0.1, 0.15) is 29.2 Å². The predicted molar refractivity (Wildman–Crippen MR) is 109 cm³/mol. The maximum atomic E-state index is 11.6. The van der Waals surface area contributed by atoms with E-state index in [1.807, 2.05) is 54.1 Å². The van der Waals surface area contributed by atoms with Crippen molar-refractivity contribution in [2.75, 3.05) is 13.4 Å². The minimum atomic E-state index is -1.31. The molecule has 1 heterocycles. The number of fused-ring (bicyclic) bond motifs is 1. The molecule has 0 fully saturated rings. The van der Waals surface area contributed by atoms with Gasteiger partial charge in [-0.2, -0.15) is 0 Å². The second-order valence-electron chi connectivity index (χ2n) is 6.47. The van der Waals surface area contributed by atoms with E-state index in [1.54, 1.807) is 7.11 Å². The van der Waals surface area contributed by atoms with Crippen LogP contribution >= 0.6 is 0 Å². The zero-order valence-corrected chi connectivity index (χ0v) is 16.9. The quantitative estimate of drug-likeness (QED) is 0.622. The third-order valence-electron chi connectivity index (χ3n) is 4.61. The summed E-state index contributed by atoms with van der Waals surface area (Å²) in [5.41, 5.74) is 8.04. The molecule has 7 nitrogen and oxygen atoms in total. The van der Waals surface area contributed by atoms with E-state index in [-0.39, 0.29) is 0 Å². The Kier molecular flexibility index (Phi) is 5.99.